The summed E-state index contributed by atoms with van der Waals surface area (Å²) in [4.78, 5) is 24.2. The van der Waals surface area contributed by atoms with Crippen LogP contribution in [0.15, 0.2) is 60.7 Å². The third-order valence-electron chi connectivity index (χ3n) is 6.63. The van der Waals surface area contributed by atoms with Gasteiger partial charge in [0.15, 0.2) is 0 Å². The van der Waals surface area contributed by atoms with Crippen molar-refractivity contribution in [2.45, 2.75) is 52.2 Å². The minimum absolute atomic E-state index is 0.0411. The highest BCUT2D eigenvalue weighted by molar-refractivity contribution is 6.30. The summed E-state index contributed by atoms with van der Waals surface area (Å²) in [6.45, 7) is 5.71. The SMILES string of the molecule is CC(C)(C)C(=O)Nc1ccc(Oc2ccc3c(c2)C[C@@H](NC[C@H](O)c2cccc(Cl)c2)CC3)cc1C(=O)O. The first-order valence-electron chi connectivity index (χ1n) is 12.6. The van der Waals surface area contributed by atoms with Crippen molar-refractivity contribution in [3.05, 3.63) is 87.9 Å². The smallest absolute Gasteiger partial charge is 0.337 e. The fourth-order valence-electron chi connectivity index (χ4n) is 4.40. The molecule has 0 spiro atoms. The first-order valence-corrected chi connectivity index (χ1v) is 13.0. The third kappa shape index (κ3) is 6.92. The molecule has 0 saturated carbocycles. The maximum absolute atomic E-state index is 12.4. The highest BCUT2D eigenvalue weighted by atomic mass is 35.5. The number of carboxylic acids is 1. The molecule has 1 aliphatic rings. The van der Waals surface area contributed by atoms with Crippen LogP contribution in [0.5, 0.6) is 11.5 Å². The van der Waals surface area contributed by atoms with E-state index >= 15 is 0 Å². The molecule has 0 bridgehead atoms. The predicted molar refractivity (Wildman–Crippen MR) is 148 cm³/mol. The molecule has 0 radical (unpaired) electrons. The fraction of sp³-hybridized carbons (Fsp3) is 0.333. The number of halogens is 1. The van der Waals surface area contributed by atoms with Crippen LogP contribution in [0.25, 0.3) is 0 Å². The van der Waals surface area contributed by atoms with E-state index in [0.717, 1.165) is 30.4 Å². The van der Waals surface area contributed by atoms with Gasteiger partial charge >= 0.3 is 5.97 Å². The largest absolute Gasteiger partial charge is 0.478 e. The Morgan fingerprint density at radius 1 is 1.05 bits per heavy atom. The number of anilines is 1. The van der Waals surface area contributed by atoms with Crippen molar-refractivity contribution in [3.8, 4) is 11.5 Å². The average Bonchev–Trinajstić information content (AvgIpc) is 2.87. The second kappa shape index (κ2) is 11.6. The van der Waals surface area contributed by atoms with E-state index in [9.17, 15) is 19.8 Å². The Kier molecular flexibility index (Phi) is 8.41. The van der Waals surface area contributed by atoms with Crippen molar-refractivity contribution in [3.63, 3.8) is 0 Å². The van der Waals surface area contributed by atoms with Crippen LogP contribution >= 0.6 is 11.6 Å². The monoisotopic (exact) mass is 536 g/mol. The Balaban J connectivity index is 1.42. The predicted octanol–water partition coefficient (Wildman–Crippen LogP) is 6.00. The molecular formula is C30H33ClN2O5. The maximum Gasteiger partial charge on any atom is 0.337 e. The van der Waals surface area contributed by atoms with Crippen molar-refractivity contribution < 1.29 is 24.5 Å². The van der Waals surface area contributed by atoms with Gasteiger partial charge in [-0.15, -0.1) is 0 Å². The van der Waals surface area contributed by atoms with Gasteiger partial charge in [0.2, 0.25) is 5.91 Å². The van der Waals surface area contributed by atoms with Crippen LogP contribution in [0, 0.1) is 5.41 Å². The minimum atomic E-state index is -1.15. The molecule has 2 atom stereocenters. The Hall–Kier alpha value is -3.39. The Morgan fingerprint density at radius 2 is 1.79 bits per heavy atom. The van der Waals surface area contributed by atoms with Gasteiger partial charge < -0.3 is 25.6 Å². The van der Waals surface area contributed by atoms with Gasteiger partial charge in [0.25, 0.3) is 0 Å². The lowest BCUT2D eigenvalue weighted by Gasteiger charge is -2.27. The molecule has 7 nitrogen and oxygen atoms in total. The van der Waals surface area contributed by atoms with Gasteiger partial charge in [-0.2, -0.15) is 0 Å². The first-order chi connectivity index (χ1) is 18.0. The zero-order valence-electron chi connectivity index (χ0n) is 21.8. The molecule has 0 unspecified atom stereocenters. The van der Waals surface area contributed by atoms with E-state index in [-0.39, 0.29) is 23.2 Å². The molecule has 1 aliphatic carbocycles. The fourth-order valence-corrected chi connectivity index (χ4v) is 4.60. The standard InChI is InChI=1S/C30H33ClN2O5/c1-30(2,3)29(37)33-26-12-11-24(16-25(26)28(35)36)38-23-10-8-18-7-9-22(14-20(18)15-23)32-17-27(34)19-5-4-6-21(31)13-19/h4-6,8,10-13,15-16,22,27,32,34H,7,9,14,17H2,1-3H3,(H,33,37)(H,35,36)/t22-,27-/m0/s1. The van der Waals surface area contributed by atoms with E-state index in [4.69, 9.17) is 16.3 Å². The number of carboxylic acid groups (broad SMARTS) is 1. The molecular weight excluding hydrogens is 504 g/mol. The topological polar surface area (TPSA) is 108 Å². The van der Waals surface area contributed by atoms with Crippen molar-refractivity contribution in [2.24, 2.45) is 5.41 Å². The number of hydrogen-bond acceptors (Lipinski definition) is 5. The molecule has 0 fully saturated rings. The second-order valence-electron chi connectivity index (χ2n) is 10.7. The van der Waals surface area contributed by atoms with Gasteiger partial charge in [-0.3, -0.25) is 4.79 Å². The number of aromatic carboxylic acids is 1. The van der Waals surface area contributed by atoms with E-state index in [1.54, 1.807) is 45.0 Å². The van der Waals surface area contributed by atoms with Crippen molar-refractivity contribution in [2.75, 3.05) is 11.9 Å². The quantitative estimate of drug-likeness (QED) is 0.281. The van der Waals surface area contributed by atoms with Gasteiger partial charge in [-0.25, -0.2) is 4.79 Å². The van der Waals surface area contributed by atoms with Crippen LogP contribution in [-0.2, 0) is 17.6 Å². The lowest BCUT2D eigenvalue weighted by molar-refractivity contribution is -0.123. The summed E-state index contributed by atoms with van der Waals surface area (Å²) < 4.78 is 6.02. The van der Waals surface area contributed by atoms with Crippen molar-refractivity contribution >= 4 is 29.2 Å². The Morgan fingerprint density at radius 3 is 2.50 bits per heavy atom. The normalized spacial score (nSPS) is 15.9. The highest BCUT2D eigenvalue weighted by Gasteiger charge is 2.24. The van der Waals surface area contributed by atoms with Crippen LogP contribution in [0.2, 0.25) is 5.02 Å². The van der Waals surface area contributed by atoms with Gasteiger partial charge in [0.1, 0.15) is 11.5 Å². The number of aryl methyl sites for hydroxylation is 1. The van der Waals surface area contributed by atoms with Crippen LogP contribution in [0.3, 0.4) is 0 Å². The summed E-state index contributed by atoms with van der Waals surface area (Å²) in [6.07, 6.45) is 2.00. The number of carbonyl (C=O) groups is 2. The number of benzene rings is 3. The summed E-state index contributed by atoms with van der Waals surface area (Å²) in [5.74, 6) is -0.456. The van der Waals surface area contributed by atoms with E-state index in [0.29, 0.717) is 23.1 Å². The molecule has 1 amide bonds. The van der Waals surface area contributed by atoms with Crippen LogP contribution in [0.1, 0.15) is 60.3 Å². The van der Waals surface area contributed by atoms with Crippen LogP contribution in [-0.4, -0.2) is 34.7 Å². The molecule has 0 aromatic heterocycles. The zero-order chi connectivity index (χ0) is 27.4. The lowest BCUT2D eigenvalue weighted by atomic mass is 9.88. The highest BCUT2D eigenvalue weighted by Crippen LogP contribution is 2.31. The van der Waals surface area contributed by atoms with E-state index in [1.165, 1.54) is 11.6 Å². The van der Waals surface area contributed by atoms with Gasteiger partial charge in [-0.05, 0) is 78.4 Å². The molecule has 38 heavy (non-hydrogen) atoms. The van der Waals surface area contributed by atoms with Crippen LogP contribution < -0.4 is 15.4 Å². The second-order valence-corrected chi connectivity index (χ2v) is 11.1. The maximum atomic E-state index is 12.4. The van der Waals surface area contributed by atoms with Gasteiger partial charge in [0.05, 0.1) is 17.4 Å². The summed E-state index contributed by atoms with van der Waals surface area (Å²) in [6, 6.07) is 18.0. The molecule has 0 aliphatic heterocycles. The number of ether oxygens (including phenoxy) is 1. The first kappa shape index (κ1) is 27.6. The third-order valence-corrected chi connectivity index (χ3v) is 6.86. The molecule has 8 heteroatoms. The zero-order valence-corrected chi connectivity index (χ0v) is 22.5. The number of nitrogens with one attached hydrogen (secondary N) is 2. The Labute approximate surface area is 227 Å². The summed E-state index contributed by atoms with van der Waals surface area (Å²) in [5, 5.41) is 27.0. The van der Waals surface area contributed by atoms with E-state index in [1.807, 2.05) is 30.3 Å². The number of amides is 1. The van der Waals surface area contributed by atoms with Gasteiger partial charge in [0, 0.05) is 23.0 Å². The molecule has 3 aromatic rings. The minimum Gasteiger partial charge on any atom is -0.478 e. The summed E-state index contributed by atoms with van der Waals surface area (Å²) in [5.41, 5.74) is 2.70. The lowest BCUT2D eigenvalue weighted by Crippen LogP contribution is -2.37. The summed E-state index contributed by atoms with van der Waals surface area (Å²) in [7, 11) is 0. The van der Waals surface area contributed by atoms with Gasteiger partial charge in [-0.1, -0.05) is 50.6 Å². The molecule has 3 aromatic carbocycles. The average molecular weight is 537 g/mol. The molecule has 4 rings (SSSR count). The number of aliphatic hydroxyl groups excluding tert-OH is 1. The molecule has 0 heterocycles. The number of hydrogen-bond donors (Lipinski definition) is 4. The molecule has 4 N–H and O–H groups in total. The van der Waals surface area contributed by atoms with E-state index in [2.05, 4.69) is 10.6 Å². The number of aliphatic hydroxyl groups is 1. The Bertz CT molecular complexity index is 1330. The van der Waals surface area contributed by atoms with E-state index < -0.39 is 17.5 Å². The molecule has 0 saturated heterocycles. The number of fused-ring (bicyclic) bond motifs is 1. The van der Waals surface area contributed by atoms with Crippen molar-refractivity contribution in [1.29, 1.82) is 0 Å². The van der Waals surface area contributed by atoms with Crippen molar-refractivity contribution in [1.82, 2.24) is 5.32 Å². The van der Waals surface area contributed by atoms with Crippen LogP contribution in [0.4, 0.5) is 5.69 Å². The number of rotatable bonds is 8. The number of carbonyl (C=O) groups excluding carboxylic acids is 1. The molecule has 200 valence electrons. The summed E-state index contributed by atoms with van der Waals surface area (Å²) >= 11 is 6.05.